The molecule has 38 heavy (non-hydrogen) atoms. The summed E-state index contributed by atoms with van der Waals surface area (Å²) in [5.41, 5.74) is 7.46. The molecule has 190 valence electrons. The van der Waals surface area contributed by atoms with Crippen LogP contribution in [-0.2, 0) is 0 Å². The molecule has 0 amide bonds. The Kier molecular flexibility index (Phi) is 6.22. The van der Waals surface area contributed by atoms with Gasteiger partial charge in [0, 0.05) is 22.9 Å². The third-order valence-corrected chi connectivity index (χ3v) is 7.12. The average molecular weight is 504 g/mol. The number of benzene rings is 4. The van der Waals surface area contributed by atoms with Crippen molar-refractivity contribution in [3.8, 4) is 28.5 Å². The highest BCUT2D eigenvalue weighted by Crippen LogP contribution is 2.46. The Morgan fingerprint density at radius 2 is 1.34 bits per heavy atom. The zero-order valence-corrected chi connectivity index (χ0v) is 21.6. The van der Waals surface area contributed by atoms with Crippen LogP contribution >= 0.6 is 0 Å². The summed E-state index contributed by atoms with van der Waals surface area (Å²) in [6.45, 7) is 0. The van der Waals surface area contributed by atoms with Crippen LogP contribution in [0.3, 0.4) is 0 Å². The van der Waals surface area contributed by atoms with Gasteiger partial charge in [0.25, 0.3) is 0 Å². The first-order valence-electron chi connectivity index (χ1n) is 12.6. The fraction of sp³-hybridized carbons (Fsp3) is 0.156. The number of methoxy groups -OCH3 is 3. The van der Waals surface area contributed by atoms with Crippen molar-refractivity contribution in [3.63, 3.8) is 0 Å². The van der Waals surface area contributed by atoms with Crippen LogP contribution in [0.2, 0.25) is 0 Å². The second-order valence-corrected chi connectivity index (χ2v) is 9.20. The van der Waals surface area contributed by atoms with E-state index in [4.69, 9.17) is 19.3 Å². The van der Waals surface area contributed by atoms with Gasteiger partial charge in [-0.05, 0) is 77.9 Å². The molecule has 2 heterocycles. The molecule has 5 aromatic rings. The van der Waals surface area contributed by atoms with Gasteiger partial charge < -0.3 is 19.2 Å². The standard InChI is InChI=1S/C32H29N3O3/c1-36-23-16-12-21(13-17-23)27-20-29(35(34-27)28-10-6-7-11-30(28)38-3)31-25-8-4-5-9-26(25)33-32(31)22-14-18-24(37-2)19-15-22/h4-19,29,33H,20H2,1-3H3. The van der Waals surface area contributed by atoms with E-state index < -0.39 is 0 Å². The van der Waals surface area contributed by atoms with Crippen molar-refractivity contribution in [2.75, 3.05) is 26.3 Å². The molecule has 0 radical (unpaired) electrons. The van der Waals surface area contributed by atoms with Gasteiger partial charge in [0.1, 0.15) is 22.9 Å². The van der Waals surface area contributed by atoms with Gasteiger partial charge >= 0.3 is 0 Å². The van der Waals surface area contributed by atoms with Crippen molar-refractivity contribution in [1.29, 1.82) is 0 Å². The molecule has 0 aliphatic carbocycles. The molecule has 6 nitrogen and oxygen atoms in total. The van der Waals surface area contributed by atoms with Crippen molar-refractivity contribution in [2.24, 2.45) is 5.10 Å². The minimum absolute atomic E-state index is 0.0587. The van der Waals surface area contributed by atoms with Crippen molar-refractivity contribution >= 4 is 22.3 Å². The zero-order valence-electron chi connectivity index (χ0n) is 21.6. The molecule has 4 aromatic carbocycles. The van der Waals surface area contributed by atoms with Gasteiger partial charge in [0.2, 0.25) is 0 Å². The molecule has 1 atom stereocenters. The Bertz CT molecular complexity index is 1600. The summed E-state index contributed by atoms with van der Waals surface area (Å²) in [6.07, 6.45) is 0.732. The number of nitrogens with one attached hydrogen (secondary N) is 1. The minimum Gasteiger partial charge on any atom is -0.497 e. The first-order valence-corrected chi connectivity index (χ1v) is 12.6. The smallest absolute Gasteiger partial charge is 0.144 e. The summed E-state index contributed by atoms with van der Waals surface area (Å²) in [4.78, 5) is 3.70. The Morgan fingerprint density at radius 3 is 2.03 bits per heavy atom. The third kappa shape index (κ3) is 4.14. The van der Waals surface area contributed by atoms with Gasteiger partial charge in [-0.25, -0.2) is 0 Å². The summed E-state index contributed by atoms with van der Waals surface area (Å²) >= 11 is 0. The molecule has 0 fully saturated rings. The van der Waals surface area contributed by atoms with Crippen LogP contribution in [0.4, 0.5) is 5.69 Å². The van der Waals surface area contributed by atoms with E-state index in [1.165, 1.54) is 10.9 Å². The molecule has 1 aliphatic heterocycles. The van der Waals surface area contributed by atoms with E-state index in [0.717, 1.165) is 57.4 Å². The number of nitrogens with zero attached hydrogens (tertiary/aromatic N) is 2. The second kappa shape index (κ2) is 9.98. The lowest BCUT2D eigenvalue weighted by atomic mass is 9.93. The minimum atomic E-state index is -0.0587. The first kappa shape index (κ1) is 23.7. The van der Waals surface area contributed by atoms with E-state index in [9.17, 15) is 0 Å². The fourth-order valence-corrected chi connectivity index (χ4v) is 5.23. The van der Waals surface area contributed by atoms with Crippen LogP contribution in [-0.4, -0.2) is 32.0 Å². The summed E-state index contributed by atoms with van der Waals surface area (Å²) in [7, 11) is 5.07. The topological polar surface area (TPSA) is 59.1 Å². The van der Waals surface area contributed by atoms with E-state index in [-0.39, 0.29) is 6.04 Å². The molecule has 0 saturated heterocycles. The number of fused-ring (bicyclic) bond motifs is 1. The highest BCUT2D eigenvalue weighted by Gasteiger charge is 2.35. The largest absolute Gasteiger partial charge is 0.497 e. The summed E-state index contributed by atoms with van der Waals surface area (Å²) in [6, 6.07) is 32.7. The number of aromatic nitrogens is 1. The van der Waals surface area contributed by atoms with Crippen LogP contribution < -0.4 is 19.2 Å². The molecule has 1 unspecified atom stereocenters. The summed E-state index contributed by atoms with van der Waals surface area (Å²) in [5.74, 6) is 2.43. The lowest BCUT2D eigenvalue weighted by Gasteiger charge is -2.26. The molecular weight excluding hydrogens is 474 g/mol. The van der Waals surface area contributed by atoms with Gasteiger partial charge in [-0.1, -0.05) is 30.3 Å². The zero-order chi connectivity index (χ0) is 26.1. The highest BCUT2D eigenvalue weighted by molar-refractivity contribution is 6.04. The lowest BCUT2D eigenvalue weighted by molar-refractivity contribution is 0.413. The van der Waals surface area contributed by atoms with Gasteiger partial charge in [0.15, 0.2) is 0 Å². The van der Waals surface area contributed by atoms with Crippen LogP contribution in [0.1, 0.15) is 23.6 Å². The molecule has 6 heteroatoms. The predicted octanol–water partition coefficient (Wildman–Crippen LogP) is 7.22. The Hall–Kier alpha value is -4.71. The monoisotopic (exact) mass is 503 g/mol. The molecule has 1 N–H and O–H groups in total. The number of aromatic amines is 1. The van der Waals surface area contributed by atoms with E-state index in [1.54, 1.807) is 21.3 Å². The van der Waals surface area contributed by atoms with E-state index in [1.807, 2.05) is 42.5 Å². The fourth-order valence-electron chi connectivity index (χ4n) is 5.23. The summed E-state index contributed by atoms with van der Waals surface area (Å²) in [5, 5.41) is 8.48. The molecule has 1 aromatic heterocycles. The van der Waals surface area contributed by atoms with E-state index in [2.05, 4.69) is 64.6 Å². The second-order valence-electron chi connectivity index (χ2n) is 9.20. The first-order chi connectivity index (χ1) is 18.7. The molecule has 0 bridgehead atoms. The van der Waals surface area contributed by atoms with Crippen molar-refractivity contribution in [2.45, 2.75) is 12.5 Å². The van der Waals surface area contributed by atoms with Gasteiger partial charge in [-0.15, -0.1) is 0 Å². The normalized spacial score (nSPS) is 15.0. The molecular formula is C32H29N3O3. The Morgan fingerprint density at radius 1 is 0.711 bits per heavy atom. The lowest BCUT2D eigenvalue weighted by Crippen LogP contribution is -2.19. The molecule has 0 spiro atoms. The number of H-pyrrole nitrogens is 1. The Balaban J connectivity index is 1.53. The number of hydrogen-bond acceptors (Lipinski definition) is 5. The van der Waals surface area contributed by atoms with Gasteiger partial charge in [0.05, 0.1) is 38.8 Å². The predicted molar refractivity (Wildman–Crippen MR) is 153 cm³/mol. The maximum absolute atomic E-state index is 5.77. The highest BCUT2D eigenvalue weighted by atomic mass is 16.5. The quantitative estimate of drug-likeness (QED) is 0.255. The van der Waals surface area contributed by atoms with Crippen LogP contribution in [0.5, 0.6) is 17.2 Å². The number of hydrazone groups is 1. The number of para-hydroxylation sites is 3. The number of hydrogen-bond donors (Lipinski definition) is 1. The Labute approximate surface area is 222 Å². The van der Waals surface area contributed by atoms with Gasteiger partial charge in [-0.2, -0.15) is 5.10 Å². The van der Waals surface area contributed by atoms with Crippen LogP contribution in [0, 0.1) is 0 Å². The molecule has 1 aliphatic rings. The maximum Gasteiger partial charge on any atom is 0.144 e. The molecule has 6 rings (SSSR count). The van der Waals surface area contributed by atoms with Crippen molar-refractivity contribution in [1.82, 2.24) is 4.98 Å². The van der Waals surface area contributed by atoms with E-state index in [0.29, 0.717) is 0 Å². The summed E-state index contributed by atoms with van der Waals surface area (Å²) < 4.78 is 16.6. The number of rotatable bonds is 7. The van der Waals surface area contributed by atoms with Crippen LogP contribution in [0.25, 0.3) is 22.2 Å². The van der Waals surface area contributed by atoms with Gasteiger partial charge in [-0.3, -0.25) is 5.01 Å². The number of anilines is 1. The van der Waals surface area contributed by atoms with Crippen molar-refractivity contribution < 1.29 is 14.2 Å². The molecule has 0 saturated carbocycles. The maximum atomic E-state index is 5.77. The number of ether oxygens (including phenoxy) is 3. The van der Waals surface area contributed by atoms with Crippen molar-refractivity contribution in [3.05, 3.63) is 108 Å². The van der Waals surface area contributed by atoms with Crippen LogP contribution in [0.15, 0.2) is 102 Å². The van der Waals surface area contributed by atoms with E-state index >= 15 is 0 Å². The average Bonchev–Trinajstić information content (AvgIpc) is 3.59. The third-order valence-electron chi connectivity index (χ3n) is 7.12. The SMILES string of the molecule is COc1ccc(C2=NN(c3ccccc3OC)C(c3c(-c4ccc(OC)cc4)[nH]c4ccccc34)C2)cc1.